The first-order valence-corrected chi connectivity index (χ1v) is 5.99. The molecular weight excluding hydrogens is 238 g/mol. The van der Waals surface area contributed by atoms with Gasteiger partial charge in [-0.15, -0.1) is 10.2 Å². The van der Waals surface area contributed by atoms with E-state index in [9.17, 15) is 0 Å². The van der Waals surface area contributed by atoms with Crippen LogP contribution in [0.25, 0.3) is 11.4 Å². The molecule has 0 unspecified atom stereocenters. The molecule has 2 aromatic rings. The van der Waals surface area contributed by atoms with Crippen LogP contribution in [0.15, 0.2) is 24.3 Å². The van der Waals surface area contributed by atoms with E-state index in [1.807, 2.05) is 24.3 Å². The molecule has 4 nitrogen and oxygen atoms in total. The van der Waals surface area contributed by atoms with E-state index in [-0.39, 0.29) is 0 Å². The highest BCUT2D eigenvalue weighted by molar-refractivity contribution is 6.33. The summed E-state index contributed by atoms with van der Waals surface area (Å²) in [6.07, 6.45) is 0.803. The number of rotatable bonds is 1. The summed E-state index contributed by atoms with van der Waals surface area (Å²) in [5.74, 6) is 1.80. The van der Waals surface area contributed by atoms with E-state index in [2.05, 4.69) is 14.8 Å². The van der Waals surface area contributed by atoms with Gasteiger partial charge in [-0.1, -0.05) is 23.7 Å². The second-order valence-corrected chi connectivity index (χ2v) is 4.34. The summed E-state index contributed by atoms with van der Waals surface area (Å²) in [6.45, 7) is 2.19. The van der Waals surface area contributed by atoms with Gasteiger partial charge < -0.3 is 9.30 Å². The summed E-state index contributed by atoms with van der Waals surface area (Å²) >= 11 is 6.19. The van der Waals surface area contributed by atoms with Crippen molar-refractivity contribution in [2.75, 3.05) is 13.2 Å². The van der Waals surface area contributed by atoms with Crippen LogP contribution >= 0.6 is 11.6 Å². The fourth-order valence-electron chi connectivity index (χ4n) is 2.02. The van der Waals surface area contributed by atoms with Gasteiger partial charge in [-0.25, -0.2) is 0 Å². The molecule has 2 heterocycles. The lowest BCUT2D eigenvalue weighted by Crippen LogP contribution is -2.05. The fourth-order valence-corrected chi connectivity index (χ4v) is 2.24. The van der Waals surface area contributed by atoms with Crippen molar-refractivity contribution in [1.29, 1.82) is 0 Å². The Balaban J connectivity index is 2.10. The zero-order valence-electron chi connectivity index (χ0n) is 9.27. The molecular formula is C12H12ClN3O. The summed E-state index contributed by atoms with van der Waals surface area (Å²) in [6, 6.07) is 7.70. The van der Waals surface area contributed by atoms with Gasteiger partial charge in [0.05, 0.1) is 18.2 Å². The molecule has 88 valence electrons. The highest BCUT2D eigenvalue weighted by Gasteiger charge is 2.17. The molecule has 0 fully saturated rings. The summed E-state index contributed by atoms with van der Waals surface area (Å²) in [4.78, 5) is 0. The zero-order chi connectivity index (χ0) is 11.7. The predicted molar refractivity (Wildman–Crippen MR) is 65.0 cm³/mol. The number of benzene rings is 1. The van der Waals surface area contributed by atoms with Crippen molar-refractivity contribution in [3.05, 3.63) is 35.1 Å². The monoisotopic (exact) mass is 249 g/mol. The SMILES string of the molecule is Clc1ccccc1-c1nnc2n1CCOCC2. The van der Waals surface area contributed by atoms with Gasteiger partial charge in [0.2, 0.25) is 0 Å². The summed E-state index contributed by atoms with van der Waals surface area (Å²) in [5.41, 5.74) is 0.926. The van der Waals surface area contributed by atoms with E-state index in [0.717, 1.165) is 30.2 Å². The number of aromatic nitrogens is 3. The molecule has 0 saturated carbocycles. The van der Waals surface area contributed by atoms with Crippen LogP contribution in [-0.4, -0.2) is 28.0 Å². The lowest BCUT2D eigenvalue weighted by molar-refractivity contribution is 0.140. The molecule has 0 atom stereocenters. The molecule has 0 radical (unpaired) electrons. The maximum absolute atomic E-state index is 6.19. The van der Waals surface area contributed by atoms with Crippen molar-refractivity contribution in [2.45, 2.75) is 13.0 Å². The smallest absolute Gasteiger partial charge is 0.165 e. The van der Waals surface area contributed by atoms with Crippen molar-refractivity contribution < 1.29 is 4.74 Å². The average molecular weight is 250 g/mol. The van der Waals surface area contributed by atoms with Crippen LogP contribution < -0.4 is 0 Å². The first-order chi connectivity index (χ1) is 8.36. The van der Waals surface area contributed by atoms with Gasteiger partial charge in [-0.3, -0.25) is 0 Å². The Morgan fingerprint density at radius 3 is 2.94 bits per heavy atom. The molecule has 0 spiro atoms. The topological polar surface area (TPSA) is 39.9 Å². The molecule has 0 bridgehead atoms. The van der Waals surface area contributed by atoms with Crippen LogP contribution in [0, 0.1) is 0 Å². The van der Waals surface area contributed by atoms with Crippen LogP contribution in [0.2, 0.25) is 5.02 Å². The van der Waals surface area contributed by atoms with Gasteiger partial charge in [0.15, 0.2) is 5.82 Å². The van der Waals surface area contributed by atoms with Crippen LogP contribution in [0.1, 0.15) is 5.82 Å². The number of ether oxygens (including phenoxy) is 1. The van der Waals surface area contributed by atoms with Crippen molar-refractivity contribution in [3.8, 4) is 11.4 Å². The lowest BCUT2D eigenvalue weighted by Gasteiger charge is -2.07. The van der Waals surface area contributed by atoms with Gasteiger partial charge in [0.25, 0.3) is 0 Å². The largest absolute Gasteiger partial charge is 0.379 e. The molecule has 3 rings (SSSR count). The number of hydrogen-bond acceptors (Lipinski definition) is 3. The Morgan fingerprint density at radius 2 is 2.06 bits per heavy atom. The van der Waals surface area contributed by atoms with Crippen molar-refractivity contribution in [1.82, 2.24) is 14.8 Å². The molecule has 1 aromatic carbocycles. The van der Waals surface area contributed by atoms with Crippen LogP contribution in [0.3, 0.4) is 0 Å². The van der Waals surface area contributed by atoms with Crippen LogP contribution in [0.5, 0.6) is 0 Å². The Morgan fingerprint density at radius 1 is 1.18 bits per heavy atom. The third-order valence-electron chi connectivity index (χ3n) is 2.87. The van der Waals surface area contributed by atoms with Gasteiger partial charge >= 0.3 is 0 Å². The highest BCUT2D eigenvalue weighted by atomic mass is 35.5. The minimum atomic E-state index is 0.697. The molecule has 17 heavy (non-hydrogen) atoms. The summed E-state index contributed by atoms with van der Waals surface area (Å²) < 4.78 is 7.53. The Hall–Kier alpha value is -1.39. The Kier molecular flexibility index (Phi) is 2.82. The van der Waals surface area contributed by atoms with Crippen LogP contribution in [0.4, 0.5) is 0 Å². The highest BCUT2D eigenvalue weighted by Crippen LogP contribution is 2.27. The Bertz CT molecular complexity index is 538. The van der Waals surface area contributed by atoms with Gasteiger partial charge in [0.1, 0.15) is 5.82 Å². The summed E-state index contributed by atoms with van der Waals surface area (Å²) in [7, 11) is 0. The second kappa shape index (κ2) is 4.47. The van der Waals surface area contributed by atoms with E-state index >= 15 is 0 Å². The summed E-state index contributed by atoms with van der Waals surface area (Å²) in [5, 5.41) is 9.15. The average Bonchev–Trinajstić information content (AvgIpc) is 2.59. The quantitative estimate of drug-likeness (QED) is 0.778. The zero-order valence-corrected chi connectivity index (χ0v) is 10.0. The van der Waals surface area contributed by atoms with Crippen molar-refractivity contribution in [2.24, 2.45) is 0 Å². The van der Waals surface area contributed by atoms with Gasteiger partial charge in [-0.05, 0) is 12.1 Å². The standard InChI is InChI=1S/C12H12ClN3O/c13-10-4-2-1-3-9(10)12-15-14-11-5-7-17-8-6-16(11)12/h1-4H,5-8H2. The minimum Gasteiger partial charge on any atom is -0.379 e. The molecule has 0 aliphatic carbocycles. The first kappa shape index (κ1) is 10.7. The van der Waals surface area contributed by atoms with Gasteiger partial charge in [-0.2, -0.15) is 0 Å². The molecule has 0 N–H and O–H groups in total. The molecule has 0 saturated heterocycles. The normalized spacial score (nSPS) is 15.4. The molecule has 5 heteroatoms. The third-order valence-corrected chi connectivity index (χ3v) is 3.20. The van der Waals surface area contributed by atoms with Gasteiger partial charge in [0, 0.05) is 18.5 Å². The number of hydrogen-bond donors (Lipinski definition) is 0. The second-order valence-electron chi connectivity index (χ2n) is 3.93. The van der Waals surface area contributed by atoms with E-state index in [4.69, 9.17) is 16.3 Å². The molecule has 1 aromatic heterocycles. The predicted octanol–water partition coefficient (Wildman–Crippen LogP) is 2.17. The van der Waals surface area contributed by atoms with Crippen LogP contribution in [-0.2, 0) is 17.7 Å². The maximum atomic E-state index is 6.19. The minimum absolute atomic E-state index is 0.697. The van der Waals surface area contributed by atoms with Crippen molar-refractivity contribution >= 4 is 11.6 Å². The maximum Gasteiger partial charge on any atom is 0.165 e. The van der Waals surface area contributed by atoms with E-state index in [0.29, 0.717) is 18.2 Å². The number of fused-ring (bicyclic) bond motifs is 1. The number of halogens is 1. The molecule has 1 aliphatic heterocycles. The lowest BCUT2D eigenvalue weighted by atomic mass is 10.2. The van der Waals surface area contributed by atoms with E-state index < -0.39 is 0 Å². The molecule has 0 amide bonds. The van der Waals surface area contributed by atoms with E-state index in [1.165, 1.54) is 0 Å². The van der Waals surface area contributed by atoms with Crippen molar-refractivity contribution in [3.63, 3.8) is 0 Å². The number of nitrogens with zero attached hydrogens (tertiary/aromatic N) is 3. The Labute approximate surface area is 104 Å². The fraction of sp³-hybridized carbons (Fsp3) is 0.333. The van der Waals surface area contributed by atoms with E-state index in [1.54, 1.807) is 0 Å². The first-order valence-electron chi connectivity index (χ1n) is 5.61. The molecule has 1 aliphatic rings. The third kappa shape index (κ3) is 1.94.